The maximum absolute atomic E-state index is 12.1. The lowest BCUT2D eigenvalue weighted by molar-refractivity contribution is -0.132. The fourth-order valence-corrected chi connectivity index (χ4v) is 3.16. The third-order valence-corrected chi connectivity index (χ3v) is 4.37. The second-order valence-electron chi connectivity index (χ2n) is 5.71. The van der Waals surface area contributed by atoms with Gasteiger partial charge in [-0.3, -0.25) is 4.79 Å². The Bertz CT molecular complexity index is 289. The van der Waals surface area contributed by atoms with Gasteiger partial charge in [-0.25, -0.2) is 0 Å². The molecule has 112 valence electrons. The van der Waals surface area contributed by atoms with Gasteiger partial charge in [0.2, 0.25) is 5.91 Å². The Morgan fingerprint density at radius 2 is 2.11 bits per heavy atom. The third kappa shape index (κ3) is 4.62. The minimum absolute atomic E-state index is 0. The Balaban J connectivity index is 0.00000180. The Labute approximate surface area is 122 Å². The molecule has 0 aromatic heterocycles. The van der Waals surface area contributed by atoms with Gasteiger partial charge >= 0.3 is 0 Å². The second kappa shape index (κ2) is 8.08. The van der Waals surface area contributed by atoms with E-state index in [0.29, 0.717) is 12.6 Å². The van der Waals surface area contributed by atoms with Gasteiger partial charge in [0.25, 0.3) is 0 Å². The fraction of sp³-hybridized carbons (Fsp3) is 0.929. The Kier molecular flexibility index (Phi) is 7.11. The number of amides is 1. The predicted octanol–water partition coefficient (Wildman–Crippen LogP) is 2.00. The molecule has 0 aromatic rings. The molecule has 0 spiro atoms. The van der Waals surface area contributed by atoms with Gasteiger partial charge in [0.15, 0.2) is 0 Å². The Hall–Kier alpha value is -0.320. The van der Waals surface area contributed by atoms with Gasteiger partial charge in [-0.15, -0.1) is 12.4 Å². The summed E-state index contributed by atoms with van der Waals surface area (Å²) in [7, 11) is 0. The lowest BCUT2D eigenvalue weighted by Crippen LogP contribution is -2.43. The molecule has 4 atom stereocenters. The van der Waals surface area contributed by atoms with E-state index in [9.17, 15) is 4.79 Å². The van der Waals surface area contributed by atoms with E-state index in [1.807, 2.05) is 0 Å². The number of rotatable bonds is 4. The van der Waals surface area contributed by atoms with Crippen LogP contribution in [0.3, 0.4) is 0 Å². The van der Waals surface area contributed by atoms with Gasteiger partial charge in [-0.2, -0.15) is 0 Å². The topological polar surface area (TPSA) is 64.4 Å². The summed E-state index contributed by atoms with van der Waals surface area (Å²) in [5.41, 5.74) is 5.56. The molecule has 19 heavy (non-hydrogen) atoms. The first-order valence-corrected chi connectivity index (χ1v) is 7.38. The largest absolute Gasteiger partial charge is 0.364 e. The van der Waals surface area contributed by atoms with Crippen molar-refractivity contribution in [2.75, 3.05) is 6.54 Å². The number of carbonyl (C=O) groups is 1. The number of halogens is 1. The summed E-state index contributed by atoms with van der Waals surface area (Å²) >= 11 is 0. The number of hydrogen-bond acceptors (Lipinski definition) is 3. The van der Waals surface area contributed by atoms with Gasteiger partial charge in [0.05, 0.1) is 6.10 Å². The summed E-state index contributed by atoms with van der Waals surface area (Å²) in [6.45, 7) is 2.76. The van der Waals surface area contributed by atoms with Crippen LogP contribution in [0.2, 0.25) is 0 Å². The first-order valence-electron chi connectivity index (χ1n) is 7.38. The molecule has 3 N–H and O–H groups in total. The summed E-state index contributed by atoms with van der Waals surface area (Å²) in [6.07, 6.45) is 7.58. The van der Waals surface area contributed by atoms with Crippen molar-refractivity contribution in [1.82, 2.24) is 5.32 Å². The van der Waals surface area contributed by atoms with Gasteiger partial charge in [-0.05, 0) is 31.6 Å². The SMILES string of the molecule is CCC1CCCC(NC(=O)[C@@H]2CC[C@H](CN)O2)C1.Cl. The summed E-state index contributed by atoms with van der Waals surface area (Å²) in [4.78, 5) is 12.1. The summed E-state index contributed by atoms with van der Waals surface area (Å²) in [5.74, 6) is 0.859. The number of carbonyl (C=O) groups excluding carboxylic acids is 1. The van der Waals surface area contributed by atoms with Crippen LogP contribution in [0.1, 0.15) is 51.9 Å². The van der Waals surface area contributed by atoms with Gasteiger partial charge in [-0.1, -0.05) is 26.2 Å². The highest BCUT2D eigenvalue weighted by Gasteiger charge is 2.31. The predicted molar refractivity (Wildman–Crippen MR) is 78.4 cm³/mol. The summed E-state index contributed by atoms with van der Waals surface area (Å²) < 4.78 is 5.63. The molecule has 4 nitrogen and oxygen atoms in total. The standard InChI is InChI=1S/C14H26N2O2.ClH/c1-2-10-4-3-5-11(8-10)16-14(17)13-7-6-12(9-15)18-13;/h10-13H,2-9,15H2,1H3,(H,16,17);1H/t10?,11?,12-,13+;/m1./s1. The summed E-state index contributed by atoms with van der Waals surface area (Å²) in [5, 5.41) is 3.16. The van der Waals surface area contributed by atoms with Crippen molar-refractivity contribution in [1.29, 1.82) is 0 Å². The van der Waals surface area contributed by atoms with Crippen molar-refractivity contribution < 1.29 is 9.53 Å². The van der Waals surface area contributed by atoms with Crippen LogP contribution in [0.4, 0.5) is 0 Å². The molecule has 0 aromatic carbocycles. The van der Waals surface area contributed by atoms with E-state index < -0.39 is 0 Å². The Morgan fingerprint density at radius 3 is 2.74 bits per heavy atom. The fourth-order valence-electron chi connectivity index (χ4n) is 3.16. The normalized spacial score (nSPS) is 34.6. The molecule has 1 aliphatic carbocycles. The molecular weight excluding hydrogens is 264 g/mol. The quantitative estimate of drug-likeness (QED) is 0.832. The second-order valence-corrected chi connectivity index (χ2v) is 5.71. The van der Waals surface area contributed by atoms with Crippen molar-refractivity contribution in [3.63, 3.8) is 0 Å². The highest BCUT2D eigenvalue weighted by Crippen LogP contribution is 2.27. The van der Waals surface area contributed by atoms with E-state index >= 15 is 0 Å². The maximum Gasteiger partial charge on any atom is 0.249 e. The monoisotopic (exact) mass is 290 g/mol. The molecule has 1 saturated carbocycles. The maximum atomic E-state index is 12.1. The number of nitrogens with two attached hydrogens (primary N) is 1. The van der Waals surface area contributed by atoms with E-state index in [2.05, 4.69) is 12.2 Å². The highest BCUT2D eigenvalue weighted by atomic mass is 35.5. The van der Waals surface area contributed by atoms with Crippen LogP contribution in [-0.2, 0) is 9.53 Å². The van der Waals surface area contributed by atoms with E-state index in [4.69, 9.17) is 10.5 Å². The van der Waals surface area contributed by atoms with Crippen LogP contribution in [-0.4, -0.2) is 30.7 Å². The molecule has 2 unspecified atom stereocenters. The highest BCUT2D eigenvalue weighted by molar-refractivity contribution is 5.85. The molecule has 2 aliphatic rings. The average Bonchev–Trinajstić information content (AvgIpc) is 2.88. The average molecular weight is 291 g/mol. The zero-order valence-corrected chi connectivity index (χ0v) is 12.6. The van der Waals surface area contributed by atoms with Gasteiger partial charge in [0, 0.05) is 12.6 Å². The van der Waals surface area contributed by atoms with E-state index in [1.165, 1.54) is 19.3 Å². The first-order chi connectivity index (χ1) is 8.72. The zero-order valence-electron chi connectivity index (χ0n) is 11.8. The zero-order chi connectivity index (χ0) is 13.0. The number of hydrogen-bond donors (Lipinski definition) is 2. The molecule has 1 aliphatic heterocycles. The molecule has 1 amide bonds. The molecule has 0 radical (unpaired) electrons. The van der Waals surface area contributed by atoms with Crippen molar-refractivity contribution in [3.8, 4) is 0 Å². The van der Waals surface area contributed by atoms with Crippen molar-refractivity contribution in [3.05, 3.63) is 0 Å². The van der Waals surface area contributed by atoms with Gasteiger partial charge < -0.3 is 15.8 Å². The number of ether oxygens (including phenoxy) is 1. The van der Waals surface area contributed by atoms with Crippen molar-refractivity contribution in [2.24, 2.45) is 11.7 Å². The van der Waals surface area contributed by atoms with E-state index in [0.717, 1.165) is 31.6 Å². The molecule has 0 bridgehead atoms. The Morgan fingerprint density at radius 1 is 1.32 bits per heavy atom. The van der Waals surface area contributed by atoms with E-state index in [-0.39, 0.29) is 30.5 Å². The lowest BCUT2D eigenvalue weighted by atomic mass is 9.84. The molecule has 1 saturated heterocycles. The summed E-state index contributed by atoms with van der Waals surface area (Å²) in [6, 6.07) is 0.358. The third-order valence-electron chi connectivity index (χ3n) is 4.37. The van der Waals surface area contributed by atoms with Crippen LogP contribution in [0, 0.1) is 5.92 Å². The molecule has 2 fully saturated rings. The van der Waals surface area contributed by atoms with Crippen LogP contribution in [0.5, 0.6) is 0 Å². The molecule has 2 rings (SSSR count). The van der Waals surface area contributed by atoms with Crippen LogP contribution >= 0.6 is 12.4 Å². The van der Waals surface area contributed by atoms with Crippen LogP contribution in [0.15, 0.2) is 0 Å². The molecular formula is C14H27ClN2O2. The van der Waals surface area contributed by atoms with Crippen molar-refractivity contribution in [2.45, 2.75) is 70.1 Å². The van der Waals surface area contributed by atoms with Crippen molar-refractivity contribution >= 4 is 18.3 Å². The first kappa shape index (κ1) is 16.7. The van der Waals surface area contributed by atoms with Crippen LogP contribution < -0.4 is 11.1 Å². The molecule has 1 heterocycles. The minimum Gasteiger partial charge on any atom is -0.364 e. The minimum atomic E-state index is -0.263. The van der Waals surface area contributed by atoms with E-state index in [1.54, 1.807) is 0 Å². The lowest BCUT2D eigenvalue weighted by Gasteiger charge is -2.29. The molecule has 5 heteroatoms. The number of nitrogens with one attached hydrogen (secondary N) is 1. The van der Waals surface area contributed by atoms with Gasteiger partial charge in [0.1, 0.15) is 6.10 Å². The van der Waals surface area contributed by atoms with Crippen LogP contribution in [0.25, 0.3) is 0 Å². The smallest absolute Gasteiger partial charge is 0.249 e.